The molecule has 4 N–H and O–H groups in total. The standard InChI is InChI=1S/C21H15F7N2/c1-20(12-6-14(22)18(29)15(23)7-12,13-8-16(24)19(30)17(25)9-13)10-2-4-11(5-3-10)21(26,27)28/h2-9H,29-30H2,1H3. The van der Waals surface area contributed by atoms with Crippen molar-refractivity contribution in [2.75, 3.05) is 11.5 Å². The zero-order chi connectivity index (χ0) is 22.4. The lowest BCUT2D eigenvalue weighted by molar-refractivity contribution is -0.137. The van der Waals surface area contributed by atoms with Gasteiger partial charge in [-0.1, -0.05) is 12.1 Å². The van der Waals surface area contributed by atoms with E-state index in [1.54, 1.807) is 0 Å². The van der Waals surface area contributed by atoms with E-state index in [0.29, 0.717) is 0 Å². The first-order chi connectivity index (χ1) is 13.9. The van der Waals surface area contributed by atoms with Crippen LogP contribution in [0.25, 0.3) is 0 Å². The van der Waals surface area contributed by atoms with Crippen LogP contribution in [0, 0.1) is 23.3 Å². The molecule has 0 spiro atoms. The Hall–Kier alpha value is -3.23. The van der Waals surface area contributed by atoms with E-state index in [9.17, 15) is 30.7 Å². The first-order valence-corrected chi connectivity index (χ1v) is 8.53. The van der Waals surface area contributed by atoms with E-state index in [-0.39, 0.29) is 16.7 Å². The van der Waals surface area contributed by atoms with Crippen molar-refractivity contribution in [3.05, 3.63) is 94.1 Å². The SMILES string of the molecule is CC(c1ccc(C(F)(F)F)cc1)(c1cc(F)c(N)c(F)c1)c1cc(F)c(N)c(F)c1. The summed E-state index contributed by atoms with van der Waals surface area (Å²) in [6, 6.07) is 7.13. The van der Waals surface area contributed by atoms with Crippen molar-refractivity contribution < 1.29 is 30.7 Å². The molecule has 0 aromatic heterocycles. The van der Waals surface area contributed by atoms with E-state index in [1.807, 2.05) is 0 Å². The van der Waals surface area contributed by atoms with Crippen molar-refractivity contribution >= 4 is 11.4 Å². The Balaban J connectivity index is 2.32. The summed E-state index contributed by atoms with van der Waals surface area (Å²) in [5.74, 6) is -4.50. The second-order valence-corrected chi connectivity index (χ2v) is 6.91. The summed E-state index contributed by atoms with van der Waals surface area (Å²) in [6.07, 6.45) is -4.62. The summed E-state index contributed by atoms with van der Waals surface area (Å²) in [4.78, 5) is 0. The number of hydrogen-bond acceptors (Lipinski definition) is 2. The van der Waals surface area contributed by atoms with E-state index in [2.05, 4.69) is 0 Å². The van der Waals surface area contributed by atoms with E-state index in [0.717, 1.165) is 48.5 Å². The third-order valence-corrected chi connectivity index (χ3v) is 5.10. The highest BCUT2D eigenvalue weighted by Gasteiger charge is 2.36. The van der Waals surface area contributed by atoms with Crippen LogP contribution in [0.15, 0.2) is 48.5 Å². The third-order valence-electron chi connectivity index (χ3n) is 5.10. The molecular formula is C21H15F7N2. The van der Waals surface area contributed by atoms with Gasteiger partial charge in [0.2, 0.25) is 0 Å². The van der Waals surface area contributed by atoms with Crippen LogP contribution in [0.2, 0.25) is 0 Å². The zero-order valence-corrected chi connectivity index (χ0v) is 15.4. The maximum absolute atomic E-state index is 14.2. The molecule has 0 heterocycles. The van der Waals surface area contributed by atoms with Gasteiger partial charge in [-0.3, -0.25) is 0 Å². The number of rotatable bonds is 3. The monoisotopic (exact) mass is 428 g/mol. The predicted octanol–water partition coefficient (Wildman–Crippen LogP) is 5.78. The minimum absolute atomic E-state index is 0.0997. The molecule has 2 nitrogen and oxygen atoms in total. The van der Waals surface area contributed by atoms with Crippen LogP contribution in [0.1, 0.15) is 29.2 Å². The van der Waals surface area contributed by atoms with Gasteiger partial charge in [-0.2, -0.15) is 13.2 Å². The highest BCUT2D eigenvalue weighted by molar-refractivity contribution is 5.56. The minimum Gasteiger partial charge on any atom is -0.394 e. The Labute approximate surface area is 166 Å². The second-order valence-electron chi connectivity index (χ2n) is 6.91. The molecule has 3 aromatic carbocycles. The molecular weight excluding hydrogens is 413 g/mol. The third kappa shape index (κ3) is 3.55. The van der Waals surface area contributed by atoms with Gasteiger partial charge in [0.05, 0.1) is 5.56 Å². The number of nitrogen functional groups attached to an aromatic ring is 2. The van der Waals surface area contributed by atoms with Gasteiger partial charge in [-0.25, -0.2) is 17.6 Å². The van der Waals surface area contributed by atoms with Gasteiger partial charge in [-0.15, -0.1) is 0 Å². The molecule has 0 aliphatic carbocycles. The summed E-state index contributed by atoms with van der Waals surface area (Å²) in [6.45, 7) is 1.37. The van der Waals surface area contributed by atoms with E-state index >= 15 is 0 Å². The average Bonchev–Trinajstić information content (AvgIpc) is 2.68. The fourth-order valence-electron chi connectivity index (χ4n) is 3.24. The topological polar surface area (TPSA) is 52.0 Å². The Morgan fingerprint density at radius 1 is 0.567 bits per heavy atom. The van der Waals surface area contributed by atoms with Crippen molar-refractivity contribution in [1.29, 1.82) is 0 Å². The minimum atomic E-state index is -4.62. The molecule has 3 rings (SSSR count). The van der Waals surface area contributed by atoms with Crippen LogP contribution in [-0.2, 0) is 11.6 Å². The number of hydrogen-bond donors (Lipinski definition) is 2. The van der Waals surface area contributed by atoms with Gasteiger partial charge in [0, 0.05) is 5.41 Å². The second kappa shape index (κ2) is 7.23. The fourth-order valence-corrected chi connectivity index (χ4v) is 3.24. The number of nitrogens with two attached hydrogens (primary N) is 2. The summed E-state index contributed by atoms with van der Waals surface area (Å²) in [7, 11) is 0. The van der Waals surface area contributed by atoms with Crippen LogP contribution in [0.3, 0.4) is 0 Å². The summed E-state index contributed by atoms with van der Waals surface area (Å²) < 4.78 is 95.5. The first kappa shape index (κ1) is 21.5. The lowest BCUT2D eigenvalue weighted by atomic mass is 9.70. The molecule has 3 aromatic rings. The number of alkyl halides is 3. The smallest absolute Gasteiger partial charge is 0.394 e. The Morgan fingerprint density at radius 3 is 1.17 bits per heavy atom. The van der Waals surface area contributed by atoms with Crippen molar-refractivity contribution in [3.8, 4) is 0 Å². The fraction of sp³-hybridized carbons (Fsp3) is 0.143. The molecule has 0 saturated heterocycles. The number of benzene rings is 3. The molecule has 0 amide bonds. The number of anilines is 2. The van der Waals surface area contributed by atoms with Crippen LogP contribution in [-0.4, -0.2) is 0 Å². The van der Waals surface area contributed by atoms with Gasteiger partial charge in [-0.05, 0) is 60.0 Å². The normalized spacial score (nSPS) is 12.3. The number of halogens is 7. The van der Waals surface area contributed by atoms with E-state index in [1.165, 1.54) is 6.92 Å². The molecule has 0 bridgehead atoms. The molecule has 0 atom stereocenters. The molecule has 9 heteroatoms. The van der Waals surface area contributed by atoms with Crippen LogP contribution in [0.4, 0.5) is 42.1 Å². The Bertz CT molecular complexity index is 1000. The zero-order valence-electron chi connectivity index (χ0n) is 15.4. The average molecular weight is 428 g/mol. The largest absolute Gasteiger partial charge is 0.416 e. The molecule has 0 radical (unpaired) electrons. The van der Waals surface area contributed by atoms with Crippen molar-refractivity contribution in [3.63, 3.8) is 0 Å². The van der Waals surface area contributed by atoms with Gasteiger partial charge in [0.15, 0.2) is 0 Å². The van der Waals surface area contributed by atoms with Crippen molar-refractivity contribution in [2.24, 2.45) is 0 Å². The maximum Gasteiger partial charge on any atom is 0.416 e. The molecule has 158 valence electrons. The molecule has 0 aliphatic heterocycles. The summed E-state index contributed by atoms with van der Waals surface area (Å²) >= 11 is 0. The Kier molecular flexibility index (Phi) is 5.17. The molecule has 0 saturated carbocycles. The van der Waals surface area contributed by atoms with E-state index < -0.39 is 51.8 Å². The van der Waals surface area contributed by atoms with Gasteiger partial charge in [0.25, 0.3) is 0 Å². The predicted molar refractivity (Wildman–Crippen MR) is 98.5 cm³/mol. The van der Waals surface area contributed by atoms with Crippen LogP contribution in [0.5, 0.6) is 0 Å². The lowest BCUT2D eigenvalue weighted by Gasteiger charge is -2.32. The van der Waals surface area contributed by atoms with Crippen LogP contribution >= 0.6 is 0 Å². The highest BCUT2D eigenvalue weighted by atomic mass is 19.4. The van der Waals surface area contributed by atoms with Gasteiger partial charge < -0.3 is 11.5 Å². The van der Waals surface area contributed by atoms with Crippen molar-refractivity contribution in [2.45, 2.75) is 18.5 Å². The lowest BCUT2D eigenvalue weighted by Crippen LogP contribution is -2.27. The summed E-state index contributed by atoms with van der Waals surface area (Å²) in [5.41, 5.74) is 6.33. The van der Waals surface area contributed by atoms with Crippen molar-refractivity contribution in [1.82, 2.24) is 0 Å². The summed E-state index contributed by atoms with van der Waals surface area (Å²) in [5, 5.41) is 0. The molecule has 0 fully saturated rings. The van der Waals surface area contributed by atoms with Gasteiger partial charge in [0.1, 0.15) is 34.6 Å². The Morgan fingerprint density at radius 2 is 0.867 bits per heavy atom. The van der Waals surface area contributed by atoms with Gasteiger partial charge >= 0.3 is 6.18 Å². The first-order valence-electron chi connectivity index (χ1n) is 8.53. The molecule has 30 heavy (non-hydrogen) atoms. The van der Waals surface area contributed by atoms with E-state index in [4.69, 9.17) is 11.5 Å². The van der Waals surface area contributed by atoms with Crippen LogP contribution < -0.4 is 11.5 Å². The quantitative estimate of drug-likeness (QED) is 0.316. The molecule has 0 aliphatic rings. The molecule has 0 unspecified atom stereocenters. The highest BCUT2D eigenvalue weighted by Crippen LogP contribution is 2.42. The maximum atomic E-state index is 14.2.